The molecular weight excluding hydrogens is 234 g/mol. The highest BCUT2D eigenvalue weighted by Gasteiger charge is 2.08. The average molecular weight is 263 g/mol. The molecule has 0 saturated heterocycles. The Morgan fingerprint density at radius 2 is 1.79 bits per heavy atom. The third-order valence-corrected chi connectivity index (χ3v) is 3.30. The summed E-state index contributed by atoms with van der Waals surface area (Å²) in [6.07, 6.45) is 3.43. The van der Waals surface area contributed by atoms with E-state index in [-0.39, 0.29) is 0 Å². The molecule has 0 aliphatic rings. The van der Waals surface area contributed by atoms with Gasteiger partial charge in [-0.25, -0.2) is 0 Å². The molecule has 1 unspecified atom stereocenters. The predicted octanol–water partition coefficient (Wildman–Crippen LogP) is 3.64. The molecule has 0 bridgehead atoms. The number of ether oxygens (including phenoxy) is 1. The molecule has 1 N–H and O–H groups in total. The zero-order valence-electron chi connectivity index (χ0n) is 13.0. The van der Waals surface area contributed by atoms with Gasteiger partial charge in [0, 0.05) is 19.3 Å². The zero-order chi connectivity index (χ0) is 14.1. The molecule has 0 aliphatic heterocycles. The Balaban J connectivity index is 2.51. The Hall–Kier alpha value is -0.860. The highest BCUT2D eigenvalue weighted by atomic mass is 16.5. The van der Waals surface area contributed by atoms with E-state index < -0.39 is 0 Å². The van der Waals surface area contributed by atoms with E-state index in [4.69, 9.17) is 4.74 Å². The Kier molecular flexibility index (Phi) is 7.76. The van der Waals surface area contributed by atoms with Crippen LogP contribution < -0.4 is 5.32 Å². The Bertz CT molecular complexity index is 342. The summed E-state index contributed by atoms with van der Waals surface area (Å²) in [6, 6.07) is 7.41. The van der Waals surface area contributed by atoms with Crippen molar-refractivity contribution in [2.75, 3.05) is 19.8 Å². The Morgan fingerprint density at radius 3 is 2.37 bits per heavy atom. The van der Waals surface area contributed by atoms with Gasteiger partial charge in [0.15, 0.2) is 0 Å². The van der Waals surface area contributed by atoms with Crippen LogP contribution in [-0.2, 0) is 11.2 Å². The standard InChI is InChI=1S/C17H29NO/c1-5-18-17(8-7-9-19-6-2)13-16-11-14(3)10-15(4)12-16/h10-12,17-18H,5-9,13H2,1-4H3. The predicted molar refractivity (Wildman–Crippen MR) is 82.8 cm³/mol. The topological polar surface area (TPSA) is 21.3 Å². The van der Waals surface area contributed by atoms with Gasteiger partial charge in [-0.05, 0) is 52.1 Å². The molecule has 2 heteroatoms. The van der Waals surface area contributed by atoms with Crippen molar-refractivity contribution in [2.24, 2.45) is 0 Å². The molecule has 19 heavy (non-hydrogen) atoms. The van der Waals surface area contributed by atoms with Gasteiger partial charge in [-0.3, -0.25) is 0 Å². The maximum atomic E-state index is 5.42. The van der Waals surface area contributed by atoms with Gasteiger partial charge in [0.2, 0.25) is 0 Å². The molecule has 2 nitrogen and oxygen atoms in total. The fourth-order valence-electron chi connectivity index (χ4n) is 2.61. The van der Waals surface area contributed by atoms with Crippen LogP contribution in [0, 0.1) is 13.8 Å². The molecule has 0 aliphatic carbocycles. The van der Waals surface area contributed by atoms with Crippen LogP contribution in [0.1, 0.15) is 43.4 Å². The molecule has 1 aromatic rings. The Labute approximate surface area is 118 Å². The first-order chi connectivity index (χ1) is 9.15. The molecular formula is C17H29NO. The molecule has 108 valence electrons. The summed E-state index contributed by atoms with van der Waals surface area (Å²) in [5.74, 6) is 0. The second kappa shape index (κ2) is 9.11. The van der Waals surface area contributed by atoms with Crippen LogP contribution in [0.4, 0.5) is 0 Å². The van der Waals surface area contributed by atoms with Crippen LogP contribution >= 0.6 is 0 Å². The quantitative estimate of drug-likeness (QED) is 0.687. The maximum absolute atomic E-state index is 5.42. The highest BCUT2D eigenvalue weighted by molar-refractivity contribution is 5.29. The molecule has 0 radical (unpaired) electrons. The smallest absolute Gasteiger partial charge is 0.0466 e. The second-order valence-corrected chi connectivity index (χ2v) is 5.29. The number of hydrogen-bond donors (Lipinski definition) is 1. The van der Waals surface area contributed by atoms with Crippen molar-refractivity contribution in [3.05, 3.63) is 34.9 Å². The lowest BCUT2D eigenvalue weighted by Gasteiger charge is -2.18. The fourth-order valence-corrected chi connectivity index (χ4v) is 2.61. The Morgan fingerprint density at radius 1 is 1.11 bits per heavy atom. The van der Waals surface area contributed by atoms with Gasteiger partial charge in [0.25, 0.3) is 0 Å². The lowest BCUT2D eigenvalue weighted by Crippen LogP contribution is -2.31. The van der Waals surface area contributed by atoms with Gasteiger partial charge in [0.05, 0.1) is 0 Å². The van der Waals surface area contributed by atoms with Crippen molar-refractivity contribution in [1.29, 1.82) is 0 Å². The van der Waals surface area contributed by atoms with Crippen LogP contribution in [0.2, 0.25) is 0 Å². The second-order valence-electron chi connectivity index (χ2n) is 5.29. The normalized spacial score (nSPS) is 12.6. The third-order valence-electron chi connectivity index (χ3n) is 3.30. The number of hydrogen-bond acceptors (Lipinski definition) is 2. The summed E-state index contributed by atoms with van der Waals surface area (Å²) >= 11 is 0. The number of nitrogens with one attached hydrogen (secondary N) is 1. The summed E-state index contributed by atoms with van der Waals surface area (Å²) in [4.78, 5) is 0. The van der Waals surface area contributed by atoms with E-state index >= 15 is 0 Å². The first-order valence-corrected chi connectivity index (χ1v) is 7.54. The maximum Gasteiger partial charge on any atom is 0.0466 e. The van der Waals surface area contributed by atoms with Crippen molar-refractivity contribution >= 4 is 0 Å². The minimum absolute atomic E-state index is 0.562. The average Bonchev–Trinajstić information content (AvgIpc) is 2.33. The van der Waals surface area contributed by atoms with Crippen LogP contribution in [0.15, 0.2) is 18.2 Å². The number of benzene rings is 1. The lowest BCUT2D eigenvalue weighted by atomic mass is 9.98. The summed E-state index contributed by atoms with van der Waals surface area (Å²) in [5.41, 5.74) is 4.17. The van der Waals surface area contributed by atoms with E-state index in [1.165, 1.54) is 23.1 Å². The molecule has 1 atom stereocenters. The number of likely N-dealkylation sites (N-methyl/N-ethyl adjacent to an activating group) is 1. The molecule has 0 aromatic heterocycles. The van der Waals surface area contributed by atoms with Crippen LogP contribution in [0.5, 0.6) is 0 Å². The van der Waals surface area contributed by atoms with Crippen molar-refractivity contribution < 1.29 is 4.74 Å². The zero-order valence-corrected chi connectivity index (χ0v) is 13.0. The monoisotopic (exact) mass is 263 g/mol. The minimum Gasteiger partial charge on any atom is -0.382 e. The molecule has 0 fully saturated rings. The van der Waals surface area contributed by atoms with E-state index in [1.54, 1.807) is 0 Å². The van der Waals surface area contributed by atoms with E-state index in [2.05, 4.69) is 51.2 Å². The summed E-state index contributed by atoms with van der Waals surface area (Å²) in [7, 11) is 0. The number of rotatable bonds is 9. The molecule has 1 aromatic carbocycles. The highest BCUT2D eigenvalue weighted by Crippen LogP contribution is 2.13. The van der Waals surface area contributed by atoms with Gasteiger partial charge in [-0.2, -0.15) is 0 Å². The van der Waals surface area contributed by atoms with Crippen LogP contribution in [-0.4, -0.2) is 25.8 Å². The van der Waals surface area contributed by atoms with E-state index in [9.17, 15) is 0 Å². The molecule has 0 saturated carbocycles. The largest absolute Gasteiger partial charge is 0.382 e. The lowest BCUT2D eigenvalue weighted by molar-refractivity contribution is 0.141. The molecule has 0 heterocycles. The molecule has 1 rings (SSSR count). The van der Waals surface area contributed by atoms with Crippen LogP contribution in [0.25, 0.3) is 0 Å². The molecule has 0 spiro atoms. The van der Waals surface area contributed by atoms with Gasteiger partial charge >= 0.3 is 0 Å². The fraction of sp³-hybridized carbons (Fsp3) is 0.647. The molecule has 0 amide bonds. The van der Waals surface area contributed by atoms with Gasteiger partial charge in [-0.15, -0.1) is 0 Å². The number of aryl methyl sites for hydroxylation is 2. The van der Waals surface area contributed by atoms with Crippen molar-refractivity contribution in [1.82, 2.24) is 5.32 Å². The van der Waals surface area contributed by atoms with Crippen molar-refractivity contribution in [3.8, 4) is 0 Å². The summed E-state index contributed by atoms with van der Waals surface area (Å²) in [6.45, 7) is 11.3. The third kappa shape index (κ3) is 6.74. The van der Waals surface area contributed by atoms with E-state index in [0.29, 0.717) is 6.04 Å². The first kappa shape index (κ1) is 16.2. The SMILES string of the molecule is CCNC(CCCOCC)Cc1cc(C)cc(C)c1. The first-order valence-electron chi connectivity index (χ1n) is 7.54. The summed E-state index contributed by atoms with van der Waals surface area (Å²) in [5, 5.41) is 3.59. The van der Waals surface area contributed by atoms with Crippen molar-refractivity contribution in [2.45, 2.75) is 53.0 Å². The van der Waals surface area contributed by atoms with Crippen molar-refractivity contribution in [3.63, 3.8) is 0 Å². The van der Waals surface area contributed by atoms with Crippen LogP contribution in [0.3, 0.4) is 0 Å². The van der Waals surface area contributed by atoms with E-state index in [1.807, 2.05) is 0 Å². The van der Waals surface area contributed by atoms with Gasteiger partial charge in [0.1, 0.15) is 0 Å². The van der Waals surface area contributed by atoms with Gasteiger partial charge < -0.3 is 10.1 Å². The van der Waals surface area contributed by atoms with Gasteiger partial charge in [-0.1, -0.05) is 36.2 Å². The minimum atomic E-state index is 0.562. The van der Waals surface area contributed by atoms with E-state index in [0.717, 1.165) is 32.6 Å². The summed E-state index contributed by atoms with van der Waals surface area (Å²) < 4.78 is 5.42.